The van der Waals surface area contributed by atoms with E-state index in [1.54, 1.807) is 27.8 Å². The lowest BCUT2D eigenvalue weighted by molar-refractivity contribution is -0.140. The van der Waals surface area contributed by atoms with E-state index in [4.69, 9.17) is 9.47 Å². The number of carbonyl (C=O) groups excluding carboxylic acids is 2. The monoisotopic (exact) mass is 519 g/mol. The van der Waals surface area contributed by atoms with Crippen molar-refractivity contribution in [1.29, 1.82) is 0 Å². The van der Waals surface area contributed by atoms with Crippen molar-refractivity contribution in [1.82, 2.24) is 19.9 Å². The summed E-state index contributed by atoms with van der Waals surface area (Å²) in [4.78, 5) is 29.5. The quantitative estimate of drug-likeness (QED) is 0.323. The first-order chi connectivity index (χ1) is 19.2. The molecule has 2 heterocycles. The van der Waals surface area contributed by atoms with E-state index < -0.39 is 6.04 Å². The zero-order valence-corrected chi connectivity index (χ0v) is 20.9. The Hall–Kier alpha value is -5.18. The van der Waals surface area contributed by atoms with Gasteiger partial charge in [-0.1, -0.05) is 78.0 Å². The van der Waals surface area contributed by atoms with Crippen LogP contribution < -0.4 is 14.8 Å². The molecule has 9 nitrogen and oxygen atoms in total. The number of fused-ring (bicyclic) bond motifs is 2. The number of nitrogens with zero attached hydrogens (tertiary/aromatic N) is 4. The predicted molar refractivity (Wildman–Crippen MR) is 145 cm³/mol. The molecule has 1 aliphatic rings. The minimum absolute atomic E-state index is 0.0754. The molecule has 194 valence electrons. The molecule has 0 radical (unpaired) electrons. The van der Waals surface area contributed by atoms with Crippen LogP contribution in [0.15, 0.2) is 103 Å². The average molecular weight is 520 g/mol. The third-order valence-electron chi connectivity index (χ3n) is 6.54. The Morgan fingerprint density at radius 3 is 2.41 bits per heavy atom. The lowest BCUT2D eigenvalue weighted by Gasteiger charge is -2.31. The lowest BCUT2D eigenvalue weighted by Crippen LogP contribution is -2.42. The van der Waals surface area contributed by atoms with Gasteiger partial charge in [-0.15, -0.1) is 5.10 Å². The second-order valence-electron chi connectivity index (χ2n) is 9.11. The Morgan fingerprint density at radius 1 is 0.872 bits per heavy atom. The zero-order valence-electron chi connectivity index (χ0n) is 20.9. The minimum atomic E-state index is -0.917. The molecule has 0 bridgehead atoms. The van der Waals surface area contributed by atoms with Crippen molar-refractivity contribution in [3.05, 3.63) is 114 Å². The summed E-state index contributed by atoms with van der Waals surface area (Å²) in [5.74, 6) is 0.546. The van der Waals surface area contributed by atoms with Crippen LogP contribution in [0.5, 0.6) is 11.5 Å². The number of amides is 2. The molecule has 0 unspecified atom stereocenters. The molecule has 39 heavy (non-hydrogen) atoms. The average Bonchev–Trinajstić information content (AvgIpc) is 3.61. The zero-order chi connectivity index (χ0) is 26.6. The Labute approximate surface area is 224 Å². The third-order valence-corrected chi connectivity index (χ3v) is 6.54. The molecule has 6 rings (SSSR count). The first-order valence-electron chi connectivity index (χ1n) is 12.5. The minimum Gasteiger partial charge on any atom is -0.454 e. The first-order valence-corrected chi connectivity index (χ1v) is 12.5. The van der Waals surface area contributed by atoms with E-state index in [2.05, 4.69) is 15.6 Å². The molecule has 5 aromatic rings. The highest BCUT2D eigenvalue weighted by Crippen LogP contribution is 2.35. The van der Waals surface area contributed by atoms with Gasteiger partial charge < -0.3 is 19.7 Å². The molecule has 1 aromatic heterocycles. The van der Waals surface area contributed by atoms with Crippen molar-refractivity contribution >= 4 is 28.5 Å². The second kappa shape index (κ2) is 10.7. The summed E-state index contributed by atoms with van der Waals surface area (Å²) < 4.78 is 12.4. The van der Waals surface area contributed by atoms with Gasteiger partial charge in [-0.25, -0.2) is 4.68 Å². The lowest BCUT2D eigenvalue weighted by atomic mass is 10.0. The standard InChI is InChI=1S/C30H25N5O4/c36-28(19-35-25-14-8-7-13-24(25)32-33-35)34(18-21-9-3-1-4-10-21)29(22-11-5-2-6-12-22)30(37)31-23-15-16-26-27(17-23)39-20-38-26/h1-17,29H,18-20H2,(H,31,37)/t29-/m1/s1. The second-order valence-corrected chi connectivity index (χ2v) is 9.11. The fourth-order valence-corrected chi connectivity index (χ4v) is 4.65. The van der Waals surface area contributed by atoms with Gasteiger partial charge in [0.25, 0.3) is 5.91 Å². The maximum Gasteiger partial charge on any atom is 0.251 e. The molecule has 0 aliphatic carbocycles. The number of ether oxygens (including phenoxy) is 2. The van der Waals surface area contributed by atoms with Gasteiger partial charge in [0.15, 0.2) is 11.5 Å². The number of hydrogen-bond acceptors (Lipinski definition) is 6. The molecule has 1 N–H and O–H groups in total. The maximum atomic E-state index is 14.0. The molecule has 0 spiro atoms. The summed E-state index contributed by atoms with van der Waals surface area (Å²) in [5, 5.41) is 11.4. The normalized spacial score (nSPS) is 12.7. The summed E-state index contributed by atoms with van der Waals surface area (Å²) in [6, 6.07) is 30.6. The first kappa shape index (κ1) is 24.2. The molecule has 9 heteroatoms. The number of anilines is 1. The summed E-state index contributed by atoms with van der Waals surface area (Å²) >= 11 is 0. The van der Waals surface area contributed by atoms with E-state index in [0.717, 1.165) is 11.1 Å². The van der Waals surface area contributed by atoms with Crippen LogP contribution in [0.4, 0.5) is 5.69 Å². The number of para-hydroxylation sites is 1. The van der Waals surface area contributed by atoms with Crippen LogP contribution in [-0.2, 0) is 22.7 Å². The van der Waals surface area contributed by atoms with Crippen LogP contribution in [0.2, 0.25) is 0 Å². The third kappa shape index (κ3) is 5.15. The molecule has 0 saturated carbocycles. The summed E-state index contributed by atoms with van der Waals surface area (Å²) in [5.41, 5.74) is 3.56. The van der Waals surface area contributed by atoms with Crippen molar-refractivity contribution in [3.63, 3.8) is 0 Å². The van der Waals surface area contributed by atoms with Gasteiger partial charge in [0.05, 0.1) is 5.52 Å². The number of benzene rings is 4. The molecule has 4 aromatic carbocycles. The molecule has 1 aliphatic heterocycles. The van der Waals surface area contributed by atoms with Gasteiger partial charge in [-0.3, -0.25) is 9.59 Å². The Kier molecular flexibility index (Phi) is 6.61. The van der Waals surface area contributed by atoms with Crippen molar-refractivity contribution in [2.75, 3.05) is 12.1 Å². The summed E-state index contributed by atoms with van der Waals surface area (Å²) in [7, 11) is 0. The maximum absolute atomic E-state index is 14.0. The molecule has 0 saturated heterocycles. The largest absolute Gasteiger partial charge is 0.454 e. The Morgan fingerprint density at radius 2 is 1.59 bits per heavy atom. The van der Waals surface area contributed by atoms with Crippen LogP contribution in [0, 0.1) is 0 Å². The molecule has 2 amide bonds. The van der Waals surface area contributed by atoms with Crippen LogP contribution in [0.25, 0.3) is 11.0 Å². The smallest absolute Gasteiger partial charge is 0.251 e. The Bertz CT molecular complexity index is 1620. The SMILES string of the molecule is O=C(Nc1ccc2c(c1)OCO2)[C@@H](c1ccccc1)N(Cc1ccccc1)C(=O)Cn1nnc2ccccc21. The van der Waals surface area contributed by atoms with Crippen LogP contribution in [-0.4, -0.2) is 38.5 Å². The van der Waals surface area contributed by atoms with E-state index in [9.17, 15) is 9.59 Å². The van der Waals surface area contributed by atoms with Gasteiger partial charge in [0, 0.05) is 18.3 Å². The highest BCUT2D eigenvalue weighted by Gasteiger charge is 2.32. The van der Waals surface area contributed by atoms with E-state index in [-0.39, 0.29) is 31.7 Å². The van der Waals surface area contributed by atoms with Crippen molar-refractivity contribution in [3.8, 4) is 11.5 Å². The van der Waals surface area contributed by atoms with E-state index in [1.165, 1.54) is 0 Å². The van der Waals surface area contributed by atoms with Crippen LogP contribution >= 0.6 is 0 Å². The number of aromatic nitrogens is 3. The van der Waals surface area contributed by atoms with Crippen molar-refractivity contribution in [2.24, 2.45) is 0 Å². The topological polar surface area (TPSA) is 98.6 Å². The van der Waals surface area contributed by atoms with E-state index in [1.807, 2.05) is 84.9 Å². The number of rotatable bonds is 8. The number of carbonyl (C=O) groups is 2. The van der Waals surface area contributed by atoms with Crippen LogP contribution in [0.1, 0.15) is 17.2 Å². The van der Waals surface area contributed by atoms with E-state index in [0.29, 0.717) is 28.3 Å². The van der Waals surface area contributed by atoms with Gasteiger partial charge in [-0.05, 0) is 35.4 Å². The molecule has 1 atom stereocenters. The fourth-order valence-electron chi connectivity index (χ4n) is 4.65. The van der Waals surface area contributed by atoms with Gasteiger partial charge >= 0.3 is 0 Å². The molecular formula is C30H25N5O4. The molecule has 0 fully saturated rings. The highest BCUT2D eigenvalue weighted by atomic mass is 16.7. The fraction of sp³-hybridized carbons (Fsp3) is 0.133. The van der Waals surface area contributed by atoms with Gasteiger partial charge in [0.2, 0.25) is 12.7 Å². The highest BCUT2D eigenvalue weighted by molar-refractivity contribution is 5.98. The Balaban J connectivity index is 1.36. The van der Waals surface area contributed by atoms with Gasteiger partial charge in [-0.2, -0.15) is 0 Å². The summed E-state index contributed by atoms with van der Waals surface area (Å²) in [6.45, 7) is 0.282. The number of hydrogen-bond donors (Lipinski definition) is 1. The van der Waals surface area contributed by atoms with Crippen molar-refractivity contribution < 1.29 is 19.1 Å². The van der Waals surface area contributed by atoms with Crippen LogP contribution in [0.3, 0.4) is 0 Å². The predicted octanol–water partition coefficient (Wildman–Crippen LogP) is 4.57. The molecular weight excluding hydrogens is 494 g/mol. The number of nitrogens with one attached hydrogen (secondary N) is 1. The summed E-state index contributed by atoms with van der Waals surface area (Å²) in [6.07, 6.45) is 0. The van der Waals surface area contributed by atoms with E-state index >= 15 is 0 Å². The van der Waals surface area contributed by atoms with Gasteiger partial charge in [0.1, 0.15) is 18.1 Å². The van der Waals surface area contributed by atoms with Crippen molar-refractivity contribution in [2.45, 2.75) is 19.1 Å².